The Kier molecular flexibility index (Phi) is 4.68. The minimum atomic E-state index is -3.57. The first-order valence-electron chi connectivity index (χ1n) is 7.83. The van der Waals surface area contributed by atoms with Crippen molar-refractivity contribution in [3.63, 3.8) is 0 Å². The second kappa shape index (κ2) is 6.74. The molecule has 1 aliphatic rings. The van der Waals surface area contributed by atoms with Crippen LogP contribution in [-0.4, -0.2) is 41.9 Å². The van der Waals surface area contributed by atoms with Gasteiger partial charge < -0.3 is 5.32 Å². The Labute approximate surface area is 141 Å². The molecule has 0 saturated carbocycles. The number of anilines is 1. The molecular weight excluding hydrogens is 328 g/mol. The van der Waals surface area contributed by atoms with E-state index in [1.165, 1.54) is 10.5 Å². The van der Waals surface area contributed by atoms with Crippen molar-refractivity contribution in [1.82, 2.24) is 14.5 Å². The van der Waals surface area contributed by atoms with Crippen LogP contribution in [0.25, 0.3) is 0 Å². The van der Waals surface area contributed by atoms with Gasteiger partial charge in [-0.2, -0.15) is 9.40 Å². The van der Waals surface area contributed by atoms with Gasteiger partial charge in [-0.25, -0.2) is 8.42 Å². The molecule has 0 bridgehead atoms. The van der Waals surface area contributed by atoms with Crippen molar-refractivity contribution in [2.24, 2.45) is 5.92 Å². The summed E-state index contributed by atoms with van der Waals surface area (Å²) in [6, 6.07) is 6.78. The van der Waals surface area contributed by atoms with Gasteiger partial charge in [-0.15, -0.1) is 0 Å². The van der Waals surface area contributed by atoms with Gasteiger partial charge in [0.1, 0.15) is 0 Å². The molecule has 1 saturated heterocycles. The summed E-state index contributed by atoms with van der Waals surface area (Å²) in [6.07, 6.45) is 4.43. The highest BCUT2D eigenvalue weighted by Gasteiger charge is 2.33. The number of aromatic nitrogens is 2. The number of piperidine rings is 1. The molecule has 1 fully saturated rings. The number of aromatic amines is 1. The number of H-pyrrole nitrogens is 1. The quantitative estimate of drug-likeness (QED) is 0.880. The zero-order valence-electron chi connectivity index (χ0n) is 13.4. The smallest absolute Gasteiger partial charge is 0.243 e. The summed E-state index contributed by atoms with van der Waals surface area (Å²) >= 11 is 0. The maximum Gasteiger partial charge on any atom is 0.243 e. The van der Waals surface area contributed by atoms with Crippen molar-refractivity contribution < 1.29 is 13.2 Å². The highest BCUT2D eigenvalue weighted by molar-refractivity contribution is 7.89. The minimum absolute atomic E-state index is 0.180. The molecule has 0 radical (unpaired) electrons. The van der Waals surface area contributed by atoms with Crippen molar-refractivity contribution >= 4 is 21.6 Å². The third-order valence-electron chi connectivity index (χ3n) is 4.18. The van der Waals surface area contributed by atoms with E-state index in [-0.39, 0.29) is 23.3 Å². The first-order valence-corrected chi connectivity index (χ1v) is 9.27. The molecule has 2 heterocycles. The molecule has 1 aromatic heterocycles. The fraction of sp³-hybridized carbons (Fsp3) is 0.375. The number of sulfonamides is 1. The van der Waals surface area contributed by atoms with Crippen LogP contribution in [0.15, 0.2) is 41.6 Å². The molecule has 24 heavy (non-hydrogen) atoms. The van der Waals surface area contributed by atoms with Gasteiger partial charge in [0.2, 0.25) is 15.9 Å². The van der Waals surface area contributed by atoms with Gasteiger partial charge in [0.05, 0.1) is 22.7 Å². The summed E-state index contributed by atoms with van der Waals surface area (Å²) in [6.45, 7) is 2.54. The van der Waals surface area contributed by atoms with Crippen molar-refractivity contribution in [1.29, 1.82) is 0 Å². The number of hydrogen-bond donors (Lipinski definition) is 2. The van der Waals surface area contributed by atoms with Crippen molar-refractivity contribution in [3.8, 4) is 0 Å². The van der Waals surface area contributed by atoms with E-state index in [9.17, 15) is 13.2 Å². The molecule has 2 aromatic rings. The average molecular weight is 348 g/mol. The predicted molar refractivity (Wildman–Crippen MR) is 89.9 cm³/mol. The Hall–Kier alpha value is -2.19. The zero-order chi connectivity index (χ0) is 17.2. The second-order valence-electron chi connectivity index (χ2n) is 5.99. The first-order chi connectivity index (χ1) is 11.5. The van der Waals surface area contributed by atoms with Crippen LogP contribution in [0.1, 0.15) is 18.4 Å². The second-order valence-corrected chi connectivity index (χ2v) is 7.93. The van der Waals surface area contributed by atoms with Gasteiger partial charge in [0, 0.05) is 19.3 Å². The van der Waals surface area contributed by atoms with E-state index in [1.54, 1.807) is 30.5 Å². The largest absolute Gasteiger partial charge is 0.323 e. The number of nitrogens with zero attached hydrogens (tertiary/aromatic N) is 2. The molecule has 3 rings (SSSR count). The van der Waals surface area contributed by atoms with Gasteiger partial charge >= 0.3 is 0 Å². The third-order valence-corrected chi connectivity index (χ3v) is 6.06. The fourth-order valence-corrected chi connectivity index (χ4v) is 4.32. The molecule has 128 valence electrons. The molecule has 1 aliphatic heterocycles. The first kappa shape index (κ1) is 16.7. The van der Waals surface area contributed by atoms with E-state index in [2.05, 4.69) is 15.5 Å². The SMILES string of the molecule is Cc1ccc(S(=O)(=O)N2CCC[C@@H](C(=O)Nc3cn[nH]c3)C2)cc1. The summed E-state index contributed by atoms with van der Waals surface area (Å²) in [7, 11) is -3.57. The monoisotopic (exact) mass is 348 g/mol. The predicted octanol–water partition coefficient (Wildman–Crippen LogP) is 1.76. The standard InChI is InChI=1S/C16H20N4O3S/c1-12-4-6-15(7-5-12)24(22,23)20-8-2-3-13(11-20)16(21)19-14-9-17-18-10-14/h4-7,9-10,13H,2-3,8,11H2,1H3,(H,17,18)(H,19,21)/t13-/m1/s1. The van der Waals surface area contributed by atoms with E-state index >= 15 is 0 Å². The molecule has 2 N–H and O–H groups in total. The number of aryl methyl sites for hydroxylation is 1. The van der Waals surface area contributed by atoms with Gasteiger partial charge in [0.25, 0.3) is 0 Å². The number of carbonyl (C=O) groups excluding carboxylic acids is 1. The summed E-state index contributed by atoms with van der Waals surface area (Å²) in [5.41, 5.74) is 1.59. The molecule has 0 spiro atoms. The van der Waals surface area contributed by atoms with Crippen molar-refractivity contribution in [3.05, 3.63) is 42.2 Å². The van der Waals surface area contributed by atoms with Crippen LogP contribution in [0.4, 0.5) is 5.69 Å². The number of hydrogen-bond acceptors (Lipinski definition) is 4. The molecule has 7 nitrogen and oxygen atoms in total. The number of nitrogens with one attached hydrogen (secondary N) is 2. The lowest BCUT2D eigenvalue weighted by Crippen LogP contribution is -2.43. The van der Waals surface area contributed by atoms with Gasteiger partial charge in [0.15, 0.2) is 0 Å². The average Bonchev–Trinajstić information content (AvgIpc) is 3.08. The van der Waals surface area contributed by atoms with Crippen LogP contribution >= 0.6 is 0 Å². The Morgan fingerprint density at radius 2 is 2.08 bits per heavy atom. The summed E-state index contributed by atoms with van der Waals surface area (Å²) in [5.74, 6) is -0.547. The van der Waals surface area contributed by atoms with Crippen LogP contribution in [-0.2, 0) is 14.8 Å². The number of benzene rings is 1. The molecule has 1 aromatic carbocycles. The maximum atomic E-state index is 12.8. The van der Waals surface area contributed by atoms with E-state index in [0.717, 1.165) is 5.56 Å². The molecule has 0 aliphatic carbocycles. The van der Waals surface area contributed by atoms with Crippen LogP contribution in [0.5, 0.6) is 0 Å². The minimum Gasteiger partial charge on any atom is -0.323 e. The van der Waals surface area contributed by atoms with Gasteiger partial charge in [-0.3, -0.25) is 9.89 Å². The summed E-state index contributed by atoms with van der Waals surface area (Å²) in [5, 5.41) is 9.16. The lowest BCUT2D eigenvalue weighted by Gasteiger charge is -2.31. The van der Waals surface area contributed by atoms with E-state index in [1.807, 2.05) is 6.92 Å². The zero-order valence-corrected chi connectivity index (χ0v) is 14.2. The van der Waals surface area contributed by atoms with E-state index < -0.39 is 10.0 Å². The number of rotatable bonds is 4. The van der Waals surface area contributed by atoms with E-state index in [0.29, 0.717) is 25.1 Å². The molecule has 0 unspecified atom stereocenters. The Morgan fingerprint density at radius 1 is 1.33 bits per heavy atom. The lowest BCUT2D eigenvalue weighted by atomic mass is 9.99. The molecule has 1 amide bonds. The number of amides is 1. The summed E-state index contributed by atoms with van der Waals surface area (Å²) < 4.78 is 26.9. The van der Waals surface area contributed by atoms with E-state index in [4.69, 9.17) is 0 Å². The summed E-state index contributed by atoms with van der Waals surface area (Å²) in [4.78, 5) is 12.6. The number of carbonyl (C=O) groups is 1. The van der Waals surface area contributed by atoms with Gasteiger partial charge in [-0.1, -0.05) is 17.7 Å². The van der Waals surface area contributed by atoms with Crippen LogP contribution < -0.4 is 5.32 Å². The van der Waals surface area contributed by atoms with Crippen LogP contribution in [0.3, 0.4) is 0 Å². The van der Waals surface area contributed by atoms with Gasteiger partial charge in [-0.05, 0) is 31.9 Å². The Morgan fingerprint density at radius 3 is 2.75 bits per heavy atom. The van der Waals surface area contributed by atoms with Crippen LogP contribution in [0.2, 0.25) is 0 Å². The Bertz CT molecular complexity index is 800. The maximum absolute atomic E-state index is 12.8. The highest BCUT2D eigenvalue weighted by atomic mass is 32.2. The molecular formula is C16H20N4O3S. The topological polar surface area (TPSA) is 95.2 Å². The fourth-order valence-electron chi connectivity index (χ4n) is 2.80. The third kappa shape index (κ3) is 3.49. The van der Waals surface area contributed by atoms with Crippen molar-refractivity contribution in [2.45, 2.75) is 24.7 Å². The molecule has 8 heteroatoms. The highest BCUT2D eigenvalue weighted by Crippen LogP contribution is 2.24. The van der Waals surface area contributed by atoms with Crippen LogP contribution in [0, 0.1) is 12.8 Å². The van der Waals surface area contributed by atoms with Crippen molar-refractivity contribution in [2.75, 3.05) is 18.4 Å². The molecule has 1 atom stereocenters. The Balaban J connectivity index is 1.72. The normalized spacial score (nSPS) is 19.1. The lowest BCUT2D eigenvalue weighted by molar-refractivity contribution is -0.120.